The number of hydrogen-bond donors (Lipinski definition) is 1. The summed E-state index contributed by atoms with van der Waals surface area (Å²) in [4.78, 5) is 0. The van der Waals surface area contributed by atoms with Gasteiger partial charge in [-0.15, -0.1) is 0 Å². The number of methoxy groups -OCH3 is 2. The number of nitrogens with one attached hydrogen (secondary N) is 1. The van der Waals surface area contributed by atoms with Gasteiger partial charge in [-0.25, -0.2) is 0 Å². The number of hydrogen-bond acceptors (Lipinski definition) is 3. The first kappa shape index (κ1) is 16.4. The lowest BCUT2D eigenvalue weighted by Gasteiger charge is -2.20. The quantitative estimate of drug-likeness (QED) is 0.844. The molecule has 3 heteroatoms. The maximum Gasteiger partial charge on any atom is 0.122 e. The summed E-state index contributed by atoms with van der Waals surface area (Å²) in [5, 5.41) is 3.24. The predicted octanol–water partition coefficient (Wildman–Crippen LogP) is 3.75. The molecule has 1 atom stereocenters. The zero-order chi connectivity index (χ0) is 15.9. The molecule has 0 saturated heterocycles. The van der Waals surface area contributed by atoms with Crippen molar-refractivity contribution in [1.29, 1.82) is 0 Å². The molecular weight excluding hydrogens is 274 g/mol. The predicted molar refractivity (Wildman–Crippen MR) is 91.1 cm³/mol. The van der Waals surface area contributed by atoms with Gasteiger partial charge in [0.1, 0.15) is 11.5 Å². The molecule has 0 bridgehead atoms. The Morgan fingerprint density at radius 1 is 0.909 bits per heavy atom. The fourth-order valence-corrected chi connectivity index (χ4v) is 2.64. The van der Waals surface area contributed by atoms with Crippen molar-refractivity contribution in [2.45, 2.75) is 19.3 Å². The standard InChI is InChI=1S/C19H25NO2/c1-14-5-7-15(8-6-14)19(9-10-20-2)16-11-17(21-3)13-18(12-16)22-4/h5-8,11-13,19-20H,9-10H2,1-4H3. The van der Waals surface area contributed by atoms with Gasteiger partial charge in [0.05, 0.1) is 14.2 Å². The van der Waals surface area contributed by atoms with E-state index in [9.17, 15) is 0 Å². The summed E-state index contributed by atoms with van der Waals surface area (Å²) in [6, 6.07) is 14.9. The van der Waals surface area contributed by atoms with Crippen molar-refractivity contribution in [1.82, 2.24) is 5.32 Å². The topological polar surface area (TPSA) is 30.5 Å². The van der Waals surface area contributed by atoms with E-state index in [4.69, 9.17) is 9.47 Å². The van der Waals surface area contributed by atoms with Gasteiger partial charge in [-0.05, 0) is 50.2 Å². The molecular formula is C19H25NO2. The molecule has 0 aliphatic rings. The van der Waals surface area contributed by atoms with Gasteiger partial charge in [0.15, 0.2) is 0 Å². The average Bonchev–Trinajstić information content (AvgIpc) is 2.56. The number of aryl methyl sites for hydroxylation is 1. The molecule has 0 aromatic heterocycles. The van der Waals surface area contributed by atoms with Crippen molar-refractivity contribution in [2.24, 2.45) is 0 Å². The lowest BCUT2D eigenvalue weighted by atomic mass is 9.88. The molecule has 0 spiro atoms. The van der Waals surface area contributed by atoms with Gasteiger partial charge in [-0.1, -0.05) is 29.8 Å². The van der Waals surface area contributed by atoms with Crippen LogP contribution in [0, 0.1) is 6.92 Å². The Bertz CT molecular complexity index is 571. The summed E-state index contributed by atoms with van der Waals surface area (Å²) < 4.78 is 10.8. The Kier molecular flexibility index (Phi) is 5.84. The molecule has 2 rings (SSSR count). The zero-order valence-corrected chi connectivity index (χ0v) is 13.8. The molecule has 0 aliphatic heterocycles. The van der Waals surface area contributed by atoms with E-state index in [0.29, 0.717) is 5.92 Å². The van der Waals surface area contributed by atoms with Crippen LogP contribution in [-0.4, -0.2) is 27.8 Å². The van der Waals surface area contributed by atoms with E-state index in [2.05, 4.69) is 48.6 Å². The van der Waals surface area contributed by atoms with Gasteiger partial charge < -0.3 is 14.8 Å². The summed E-state index contributed by atoms with van der Waals surface area (Å²) in [5.41, 5.74) is 3.81. The summed E-state index contributed by atoms with van der Waals surface area (Å²) in [5.74, 6) is 1.98. The van der Waals surface area contributed by atoms with Crippen molar-refractivity contribution >= 4 is 0 Å². The third-order valence-electron chi connectivity index (χ3n) is 3.94. The largest absolute Gasteiger partial charge is 0.497 e. The average molecular weight is 299 g/mol. The van der Waals surface area contributed by atoms with Gasteiger partial charge in [-0.3, -0.25) is 0 Å². The van der Waals surface area contributed by atoms with Crippen LogP contribution >= 0.6 is 0 Å². The third kappa shape index (κ3) is 4.01. The Morgan fingerprint density at radius 3 is 2.00 bits per heavy atom. The fraction of sp³-hybridized carbons (Fsp3) is 0.368. The Morgan fingerprint density at radius 2 is 1.50 bits per heavy atom. The van der Waals surface area contributed by atoms with Gasteiger partial charge in [0, 0.05) is 12.0 Å². The molecule has 2 aromatic rings. The van der Waals surface area contributed by atoms with Crippen LogP contribution in [0.15, 0.2) is 42.5 Å². The molecule has 22 heavy (non-hydrogen) atoms. The van der Waals surface area contributed by atoms with Crippen LogP contribution in [0.1, 0.15) is 29.0 Å². The van der Waals surface area contributed by atoms with E-state index in [0.717, 1.165) is 24.5 Å². The monoisotopic (exact) mass is 299 g/mol. The van der Waals surface area contributed by atoms with E-state index >= 15 is 0 Å². The first-order valence-electron chi connectivity index (χ1n) is 7.62. The molecule has 118 valence electrons. The van der Waals surface area contributed by atoms with Crippen molar-refractivity contribution < 1.29 is 9.47 Å². The first-order valence-corrected chi connectivity index (χ1v) is 7.62. The van der Waals surface area contributed by atoms with Gasteiger partial charge in [0.2, 0.25) is 0 Å². The second kappa shape index (κ2) is 7.85. The zero-order valence-electron chi connectivity index (χ0n) is 13.8. The highest BCUT2D eigenvalue weighted by Crippen LogP contribution is 2.33. The Hall–Kier alpha value is -2.00. The lowest BCUT2D eigenvalue weighted by Crippen LogP contribution is -2.13. The van der Waals surface area contributed by atoms with Crippen molar-refractivity contribution in [3.8, 4) is 11.5 Å². The molecule has 2 aromatic carbocycles. The highest BCUT2D eigenvalue weighted by molar-refractivity contribution is 5.43. The maximum atomic E-state index is 5.41. The summed E-state index contributed by atoms with van der Waals surface area (Å²) in [7, 11) is 5.36. The summed E-state index contributed by atoms with van der Waals surface area (Å²) >= 11 is 0. The molecule has 0 saturated carbocycles. The van der Waals surface area contributed by atoms with E-state index < -0.39 is 0 Å². The van der Waals surface area contributed by atoms with Crippen LogP contribution in [0.4, 0.5) is 0 Å². The van der Waals surface area contributed by atoms with Crippen molar-refractivity contribution in [3.05, 3.63) is 59.2 Å². The molecule has 0 heterocycles. The van der Waals surface area contributed by atoms with E-state index in [1.807, 2.05) is 13.1 Å². The molecule has 3 nitrogen and oxygen atoms in total. The van der Waals surface area contributed by atoms with Crippen LogP contribution in [0.25, 0.3) is 0 Å². The van der Waals surface area contributed by atoms with E-state index in [1.54, 1.807) is 14.2 Å². The molecule has 1 unspecified atom stereocenters. The summed E-state index contributed by atoms with van der Waals surface area (Å²) in [6.45, 7) is 3.07. The molecule has 0 radical (unpaired) electrons. The van der Waals surface area contributed by atoms with Gasteiger partial charge in [0.25, 0.3) is 0 Å². The molecule has 1 N–H and O–H groups in total. The fourth-order valence-electron chi connectivity index (χ4n) is 2.64. The number of benzene rings is 2. The third-order valence-corrected chi connectivity index (χ3v) is 3.94. The first-order chi connectivity index (χ1) is 10.7. The minimum atomic E-state index is 0.317. The Labute approximate surface area is 133 Å². The van der Waals surface area contributed by atoms with E-state index in [1.165, 1.54) is 16.7 Å². The number of rotatable bonds is 7. The van der Waals surface area contributed by atoms with Crippen LogP contribution in [0.5, 0.6) is 11.5 Å². The van der Waals surface area contributed by atoms with Crippen molar-refractivity contribution in [3.63, 3.8) is 0 Å². The van der Waals surface area contributed by atoms with Crippen LogP contribution in [0.2, 0.25) is 0 Å². The number of ether oxygens (including phenoxy) is 2. The van der Waals surface area contributed by atoms with Crippen LogP contribution < -0.4 is 14.8 Å². The van der Waals surface area contributed by atoms with Gasteiger partial charge in [-0.2, -0.15) is 0 Å². The molecule has 0 aliphatic carbocycles. The van der Waals surface area contributed by atoms with Crippen LogP contribution in [0.3, 0.4) is 0 Å². The van der Waals surface area contributed by atoms with Crippen molar-refractivity contribution in [2.75, 3.05) is 27.8 Å². The SMILES string of the molecule is CNCCC(c1ccc(C)cc1)c1cc(OC)cc(OC)c1. The Balaban J connectivity index is 2.41. The highest BCUT2D eigenvalue weighted by Gasteiger charge is 2.16. The van der Waals surface area contributed by atoms with Crippen LogP contribution in [-0.2, 0) is 0 Å². The minimum absolute atomic E-state index is 0.317. The molecule has 0 amide bonds. The van der Waals surface area contributed by atoms with E-state index in [-0.39, 0.29) is 0 Å². The minimum Gasteiger partial charge on any atom is -0.497 e. The lowest BCUT2D eigenvalue weighted by molar-refractivity contribution is 0.393. The smallest absolute Gasteiger partial charge is 0.122 e. The maximum absolute atomic E-state index is 5.41. The van der Waals surface area contributed by atoms with Gasteiger partial charge >= 0.3 is 0 Å². The summed E-state index contributed by atoms with van der Waals surface area (Å²) in [6.07, 6.45) is 1.02. The second-order valence-corrected chi connectivity index (χ2v) is 5.50. The highest BCUT2D eigenvalue weighted by atomic mass is 16.5. The molecule has 0 fully saturated rings. The second-order valence-electron chi connectivity index (χ2n) is 5.50. The normalized spacial score (nSPS) is 12.0.